The van der Waals surface area contributed by atoms with Crippen LogP contribution < -0.4 is 0 Å². The van der Waals surface area contributed by atoms with Gasteiger partial charge in [0.1, 0.15) is 0 Å². The Kier molecular flexibility index (Phi) is 7.63. The van der Waals surface area contributed by atoms with Gasteiger partial charge in [-0.3, -0.25) is 14.6 Å². The van der Waals surface area contributed by atoms with E-state index in [1.54, 1.807) is 0 Å². The Morgan fingerprint density at radius 2 is 1.59 bits per heavy atom. The number of allylic oxidation sites excluding steroid dienone is 2. The fourth-order valence-corrected chi connectivity index (χ4v) is 13.5. The summed E-state index contributed by atoms with van der Waals surface area (Å²) in [5, 5.41) is 0. The van der Waals surface area contributed by atoms with Crippen molar-refractivity contribution in [3.63, 3.8) is 0 Å². The highest BCUT2D eigenvalue weighted by Crippen LogP contribution is 2.77. The molecule has 1 amide bonds. The molecule has 0 bridgehead atoms. The smallest absolute Gasteiger partial charge is 0.229 e. The number of carbonyl (C=O) groups is 2. The van der Waals surface area contributed by atoms with Crippen LogP contribution in [0.3, 0.4) is 0 Å². The molecule has 1 aliphatic heterocycles. The van der Waals surface area contributed by atoms with Gasteiger partial charge in [0.05, 0.1) is 5.41 Å². The monoisotopic (exact) mass is 625 g/mol. The van der Waals surface area contributed by atoms with Crippen molar-refractivity contribution < 1.29 is 9.59 Å². The molecule has 2 heterocycles. The second-order valence-electron chi connectivity index (χ2n) is 18.1. The van der Waals surface area contributed by atoms with Crippen molar-refractivity contribution in [2.45, 2.75) is 99.3 Å². The molecule has 5 saturated carbocycles. The molecule has 7 rings (SSSR count). The van der Waals surface area contributed by atoms with Crippen LogP contribution in [0.15, 0.2) is 42.3 Å². The van der Waals surface area contributed by atoms with Crippen LogP contribution in [0.5, 0.6) is 0 Å². The Bertz CT molecular complexity index is 1440. The molecule has 5 heteroatoms. The van der Waals surface area contributed by atoms with Crippen molar-refractivity contribution in [2.75, 3.05) is 33.2 Å². The average Bonchev–Trinajstić information content (AvgIpc) is 3.42. The van der Waals surface area contributed by atoms with Gasteiger partial charge in [0.25, 0.3) is 0 Å². The number of rotatable bonds is 3. The molecule has 9 atom stereocenters. The number of Topliss-reactive ketones (excluding diaryl/α,β-unsaturated/α-hetero) is 1. The third kappa shape index (κ3) is 4.38. The second-order valence-corrected chi connectivity index (χ2v) is 18.1. The molecule has 6 fully saturated rings. The van der Waals surface area contributed by atoms with E-state index in [4.69, 9.17) is 0 Å². The molecule has 0 unspecified atom stereocenters. The summed E-state index contributed by atoms with van der Waals surface area (Å²) >= 11 is 0. The maximum Gasteiger partial charge on any atom is 0.229 e. The van der Waals surface area contributed by atoms with Gasteiger partial charge >= 0.3 is 0 Å². The molecule has 0 spiro atoms. The van der Waals surface area contributed by atoms with Crippen LogP contribution >= 0.6 is 0 Å². The van der Waals surface area contributed by atoms with Crippen LogP contribution in [0, 0.1) is 56.7 Å². The minimum atomic E-state index is -0.377. The van der Waals surface area contributed by atoms with Crippen LogP contribution in [0.2, 0.25) is 0 Å². The first-order valence-corrected chi connectivity index (χ1v) is 18.5. The van der Waals surface area contributed by atoms with E-state index < -0.39 is 0 Å². The highest BCUT2D eigenvalue weighted by molar-refractivity contribution is 6.04. The van der Waals surface area contributed by atoms with E-state index >= 15 is 0 Å². The summed E-state index contributed by atoms with van der Waals surface area (Å²) in [5.41, 5.74) is 3.17. The van der Waals surface area contributed by atoms with Crippen LogP contribution in [-0.2, 0) is 9.59 Å². The van der Waals surface area contributed by atoms with Gasteiger partial charge in [0, 0.05) is 44.0 Å². The Hall–Kier alpha value is -2.27. The summed E-state index contributed by atoms with van der Waals surface area (Å²) in [6.45, 7) is 22.8. The predicted molar refractivity (Wildman–Crippen MR) is 186 cm³/mol. The van der Waals surface area contributed by atoms with E-state index in [1.165, 1.54) is 24.8 Å². The van der Waals surface area contributed by atoms with E-state index in [2.05, 4.69) is 76.0 Å². The largest absolute Gasteiger partial charge is 0.340 e. The first-order valence-electron chi connectivity index (χ1n) is 18.5. The maximum atomic E-state index is 14.7. The van der Waals surface area contributed by atoms with Gasteiger partial charge in [0.15, 0.2) is 5.78 Å². The SMILES string of the molecule is C=C(C)[C@@H]1CC[C@]2(C(=O)N3CCN(C)CC3)CC[C@]3(C)[C@H](CC[C@@H]4[C@@]5(C)C/C(=C/c6ccncc6)C(=O)C(C)(C)[C@@H]5CC[C@]43C)[C@@H]12. The lowest BCUT2D eigenvalue weighted by Crippen LogP contribution is -2.67. The highest BCUT2D eigenvalue weighted by Gasteiger charge is 2.72. The predicted octanol–water partition coefficient (Wildman–Crippen LogP) is 8.08. The van der Waals surface area contributed by atoms with Gasteiger partial charge in [-0.05, 0) is 147 Å². The van der Waals surface area contributed by atoms with Crippen molar-refractivity contribution in [2.24, 2.45) is 56.7 Å². The van der Waals surface area contributed by atoms with Crippen molar-refractivity contribution in [1.82, 2.24) is 14.8 Å². The number of hydrogen-bond donors (Lipinski definition) is 0. The van der Waals surface area contributed by atoms with E-state index in [-0.39, 0.29) is 27.1 Å². The number of ketones is 1. The minimum Gasteiger partial charge on any atom is -0.340 e. The molecule has 5 aliphatic carbocycles. The number of amides is 1. The molecule has 1 aromatic rings. The number of carbonyl (C=O) groups excluding carboxylic acids is 2. The van der Waals surface area contributed by atoms with Gasteiger partial charge in [0.2, 0.25) is 5.91 Å². The molecule has 6 aliphatic rings. The zero-order valence-electron chi connectivity index (χ0n) is 29.8. The summed E-state index contributed by atoms with van der Waals surface area (Å²) < 4.78 is 0. The number of likely N-dealkylation sites (N-methyl/N-ethyl adjacent to an activating group) is 1. The van der Waals surface area contributed by atoms with Gasteiger partial charge in [-0.25, -0.2) is 0 Å². The molecular formula is C41H59N3O2. The second kappa shape index (κ2) is 10.9. The maximum absolute atomic E-state index is 14.7. The molecule has 0 radical (unpaired) electrons. The van der Waals surface area contributed by atoms with Gasteiger partial charge in [-0.1, -0.05) is 46.8 Å². The highest BCUT2D eigenvalue weighted by atomic mass is 16.2. The fourth-order valence-electron chi connectivity index (χ4n) is 13.5. The fraction of sp³-hybridized carbons (Fsp3) is 0.732. The van der Waals surface area contributed by atoms with Gasteiger partial charge in [-0.2, -0.15) is 0 Å². The van der Waals surface area contributed by atoms with Crippen molar-refractivity contribution in [3.8, 4) is 0 Å². The van der Waals surface area contributed by atoms with Gasteiger partial charge in [-0.15, -0.1) is 0 Å². The lowest BCUT2D eigenvalue weighted by atomic mass is 9.32. The Morgan fingerprint density at radius 3 is 2.26 bits per heavy atom. The number of aromatic nitrogens is 1. The summed E-state index contributed by atoms with van der Waals surface area (Å²) in [4.78, 5) is 37.7. The van der Waals surface area contributed by atoms with Crippen LogP contribution in [0.1, 0.15) is 105 Å². The molecule has 250 valence electrons. The van der Waals surface area contributed by atoms with Crippen molar-refractivity contribution >= 4 is 17.8 Å². The van der Waals surface area contributed by atoms with Crippen molar-refractivity contribution in [1.29, 1.82) is 0 Å². The van der Waals surface area contributed by atoms with E-state index in [9.17, 15) is 9.59 Å². The van der Waals surface area contributed by atoms with E-state index in [0.29, 0.717) is 41.3 Å². The van der Waals surface area contributed by atoms with E-state index in [0.717, 1.165) is 75.8 Å². The summed E-state index contributed by atoms with van der Waals surface area (Å²) in [6.07, 6.45) is 15.7. The lowest BCUT2D eigenvalue weighted by Gasteiger charge is -2.72. The molecule has 1 saturated heterocycles. The molecular weight excluding hydrogens is 566 g/mol. The number of piperazine rings is 1. The summed E-state index contributed by atoms with van der Waals surface area (Å²) in [7, 11) is 2.18. The average molecular weight is 626 g/mol. The van der Waals surface area contributed by atoms with Crippen LogP contribution in [0.4, 0.5) is 0 Å². The Labute approximate surface area is 278 Å². The Balaban J connectivity index is 1.26. The first-order chi connectivity index (χ1) is 21.7. The molecule has 0 aromatic carbocycles. The zero-order valence-corrected chi connectivity index (χ0v) is 29.8. The summed E-state index contributed by atoms with van der Waals surface area (Å²) in [5.74, 6) is 3.12. The Morgan fingerprint density at radius 1 is 0.891 bits per heavy atom. The number of pyridine rings is 1. The molecule has 5 nitrogen and oxygen atoms in total. The van der Waals surface area contributed by atoms with Gasteiger partial charge < -0.3 is 9.80 Å². The molecule has 0 N–H and O–H groups in total. The van der Waals surface area contributed by atoms with E-state index in [1.807, 2.05) is 24.5 Å². The number of nitrogens with zero attached hydrogens (tertiary/aromatic N) is 3. The third-order valence-corrected chi connectivity index (χ3v) is 15.9. The topological polar surface area (TPSA) is 53.5 Å². The first kappa shape index (κ1) is 32.3. The zero-order chi connectivity index (χ0) is 32.9. The standard InChI is InChI=1S/C41H59N3O2/c1-27(2)30-11-16-41(36(46)44-23-21-43(8)22-24-44)18-17-39(6)31(34(30)41)9-10-33-38(5)26-29(25-28-13-19-42-20-14-28)35(45)37(3,4)32(38)12-15-40(33,39)7/h13-14,19-20,25,30-34H,1,9-12,15-18,21-24,26H2,2-8H3/b29-25-/t30-,31+,32-,33+,34+,38-,39+,40+,41-/m0/s1. The van der Waals surface area contributed by atoms with Crippen molar-refractivity contribution in [3.05, 3.63) is 47.8 Å². The van der Waals surface area contributed by atoms with Crippen LogP contribution in [-0.4, -0.2) is 59.7 Å². The summed E-state index contributed by atoms with van der Waals surface area (Å²) in [6, 6.07) is 4.05. The number of fused-ring (bicyclic) bond motifs is 7. The lowest BCUT2D eigenvalue weighted by molar-refractivity contribution is -0.231. The molecule has 46 heavy (non-hydrogen) atoms. The number of hydrogen-bond acceptors (Lipinski definition) is 4. The molecule has 1 aromatic heterocycles. The minimum absolute atomic E-state index is 0.0604. The normalized spacial score (nSPS) is 44.6. The van der Waals surface area contributed by atoms with Crippen LogP contribution in [0.25, 0.3) is 6.08 Å². The quantitative estimate of drug-likeness (QED) is 0.252. The third-order valence-electron chi connectivity index (χ3n) is 15.9.